The summed E-state index contributed by atoms with van der Waals surface area (Å²) in [6.07, 6.45) is -4.49. The normalized spacial score (nSPS) is 11.8. The van der Waals surface area contributed by atoms with E-state index in [2.05, 4.69) is 5.10 Å². The Morgan fingerprint density at radius 1 is 1.42 bits per heavy atom. The van der Waals surface area contributed by atoms with Gasteiger partial charge in [0.2, 0.25) is 0 Å². The summed E-state index contributed by atoms with van der Waals surface area (Å²) in [6.45, 7) is 4.01. The molecule has 1 heterocycles. The van der Waals surface area contributed by atoms with Crippen LogP contribution in [0, 0.1) is 11.3 Å². The minimum Gasteiger partial charge on any atom is -0.383 e. The van der Waals surface area contributed by atoms with Crippen LogP contribution in [0.4, 0.5) is 19.0 Å². The van der Waals surface area contributed by atoms with Gasteiger partial charge in [0.25, 0.3) is 0 Å². The summed E-state index contributed by atoms with van der Waals surface area (Å²) in [4.78, 5) is 0. The molecule has 1 aromatic heterocycles. The molecule has 0 bridgehead atoms. The molecule has 0 spiro atoms. The van der Waals surface area contributed by atoms with Crippen LogP contribution in [0.2, 0.25) is 5.02 Å². The highest BCUT2D eigenvalue weighted by atomic mass is 35.5. The van der Waals surface area contributed by atoms with E-state index in [9.17, 15) is 18.4 Å². The van der Waals surface area contributed by atoms with Crippen molar-refractivity contribution in [2.75, 3.05) is 5.73 Å². The van der Waals surface area contributed by atoms with Crippen LogP contribution in [-0.2, 0) is 11.9 Å². The van der Waals surface area contributed by atoms with Crippen LogP contribution in [0.1, 0.15) is 30.7 Å². The third kappa shape index (κ3) is 3.79. The fourth-order valence-electron chi connectivity index (χ4n) is 1.98. The van der Waals surface area contributed by atoms with Crippen LogP contribution < -0.4 is 5.73 Å². The summed E-state index contributed by atoms with van der Waals surface area (Å²) in [5.74, 6) is 0.673. The Bertz CT molecular complexity index is 793. The molecule has 4 nitrogen and oxygen atoms in total. The molecule has 2 aromatic rings. The van der Waals surface area contributed by atoms with Crippen molar-refractivity contribution in [2.45, 2.75) is 31.0 Å². The monoisotopic (exact) mass is 374 g/mol. The smallest absolute Gasteiger partial charge is 0.383 e. The topological polar surface area (TPSA) is 67.6 Å². The maximum Gasteiger partial charge on any atom is 0.416 e. The van der Waals surface area contributed by atoms with Gasteiger partial charge in [0.1, 0.15) is 11.9 Å². The van der Waals surface area contributed by atoms with Gasteiger partial charge in [-0.2, -0.15) is 35.3 Å². The molecule has 0 aliphatic carbocycles. The number of hydrogen-bond donors (Lipinski definition) is 1. The lowest BCUT2D eigenvalue weighted by Crippen LogP contribution is -2.07. The van der Waals surface area contributed by atoms with Gasteiger partial charge in [0.15, 0.2) is 5.69 Å². The van der Waals surface area contributed by atoms with E-state index >= 15 is 0 Å². The second-order valence-electron chi connectivity index (χ2n) is 5.26. The van der Waals surface area contributed by atoms with E-state index in [1.165, 1.54) is 10.7 Å². The number of alkyl halides is 3. The van der Waals surface area contributed by atoms with Crippen molar-refractivity contribution in [2.24, 2.45) is 0 Å². The van der Waals surface area contributed by atoms with E-state index in [0.29, 0.717) is 16.6 Å². The van der Waals surface area contributed by atoms with Crippen LogP contribution in [0.15, 0.2) is 18.2 Å². The average Bonchev–Trinajstić information content (AvgIpc) is 2.80. The zero-order chi connectivity index (χ0) is 18.1. The molecule has 2 rings (SSSR count). The number of nitriles is 1. The predicted molar refractivity (Wildman–Crippen MR) is 89.1 cm³/mol. The molecule has 0 saturated heterocycles. The molecule has 128 valence electrons. The largest absolute Gasteiger partial charge is 0.416 e. The van der Waals surface area contributed by atoms with Crippen molar-refractivity contribution < 1.29 is 13.2 Å². The molecule has 1 aromatic carbocycles. The van der Waals surface area contributed by atoms with Crippen molar-refractivity contribution in [1.82, 2.24) is 9.78 Å². The van der Waals surface area contributed by atoms with Crippen LogP contribution in [0.5, 0.6) is 0 Å². The molecule has 9 heteroatoms. The van der Waals surface area contributed by atoms with E-state index in [1.807, 2.05) is 19.9 Å². The van der Waals surface area contributed by atoms with Gasteiger partial charge >= 0.3 is 6.18 Å². The van der Waals surface area contributed by atoms with E-state index in [1.54, 1.807) is 11.8 Å². The predicted octanol–water partition coefficient (Wildman–Crippen LogP) is 4.64. The van der Waals surface area contributed by atoms with Crippen LogP contribution in [0.25, 0.3) is 5.69 Å². The van der Waals surface area contributed by atoms with Crippen molar-refractivity contribution in [3.8, 4) is 11.8 Å². The summed E-state index contributed by atoms with van der Waals surface area (Å²) < 4.78 is 39.4. The molecule has 0 unspecified atom stereocenters. The maximum atomic E-state index is 12.7. The van der Waals surface area contributed by atoms with Gasteiger partial charge in [-0.25, -0.2) is 4.68 Å². The summed E-state index contributed by atoms with van der Waals surface area (Å²) in [6, 6.07) is 4.86. The zero-order valence-corrected chi connectivity index (χ0v) is 14.4. The molecular formula is C15H14ClF3N4S. The Kier molecular flexibility index (Phi) is 5.35. The number of thioether (sulfide) groups is 1. The minimum absolute atomic E-state index is 0.136. The minimum atomic E-state index is -4.49. The Balaban J connectivity index is 2.48. The zero-order valence-electron chi connectivity index (χ0n) is 12.9. The SMILES string of the molecule is CC(C)SCc1c(C#N)nn(-c2ccc(C(F)(F)F)cc2Cl)c1N. The van der Waals surface area contributed by atoms with Crippen LogP contribution in [0.3, 0.4) is 0 Å². The molecule has 0 amide bonds. The fourth-order valence-corrected chi connectivity index (χ4v) is 3.03. The first-order valence-corrected chi connectivity index (χ1v) is 8.34. The standard InChI is InChI=1S/C15H14ClF3N4S/c1-8(2)24-7-10-12(6-20)22-23(14(10)21)13-4-3-9(5-11(13)16)15(17,18)19/h3-5,8H,7,21H2,1-2H3. The number of aromatic nitrogens is 2. The van der Waals surface area contributed by atoms with Crippen molar-refractivity contribution in [3.05, 3.63) is 40.0 Å². The van der Waals surface area contributed by atoms with E-state index in [4.69, 9.17) is 17.3 Å². The number of rotatable bonds is 4. The summed E-state index contributed by atoms with van der Waals surface area (Å²) >= 11 is 7.55. The first kappa shape index (κ1) is 18.5. The van der Waals surface area contributed by atoms with Crippen LogP contribution in [-0.4, -0.2) is 15.0 Å². The number of nitrogens with zero attached hydrogens (tertiary/aromatic N) is 3. The summed E-state index contributed by atoms with van der Waals surface area (Å²) in [5, 5.41) is 13.5. The van der Waals surface area contributed by atoms with Gasteiger partial charge in [0.05, 0.1) is 16.3 Å². The van der Waals surface area contributed by atoms with Crippen molar-refractivity contribution in [1.29, 1.82) is 5.26 Å². The Morgan fingerprint density at radius 3 is 2.58 bits per heavy atom. The van der Waals surface area contributed by atoms with Gasteiger partial charge in [-0.05, 0) is 23.4 Å². The number of anilines is 1. The molecule has 24 heavy (non-hydrogen) atoms. The average molecular weight is 375 g/mol. The second kappa shape index (κ2) is 6.95. The summed E-state index contributed by atoms with van der Waals surface area (Å²) in [5.41, 5.74) is 6.06. The van der Waals surface area contributed by atoms with Crippen molar-refractivity contribution >= 4 is 29.2 Å². The Labute approximate surface area is 146 Å². The highest BCUT2D eigenvalue weighted by Crippen LogP contribution is 2.35. The number of benzene rings is 1. The van der Waals surface area contributed by atoms with Crippen molar-refractivity contribution in [3.63, 3.8) is 0 Å². The number of hydrogen-bond acceptors (Lipinski definition) is 4. The molecule has 0 aliphatic rings. The molecule has 0 atom stereocenters. The first-order valence-electron chi connectivity index (χ1n) is 6.91. The maximum absolute atomic E-state index is 12.7. The highest BCUT2D eigenvalue weighted by molar-refractivity contribution is 7.99. The van der Waals surface area contributed by atoms with Gasteiger partial charge in [-0.1, -0.05) is 25.4 Å². The summed E-state index contributed by atoms with van der Waals surface area (Å²) in [7, 11) is 0. The molecular weight excluding hydrogens is 361 g/mol. The highest BCUT2D eigenvalue weighted by Gasteiger charge is 2.31. The van der Waals surface area contributed by atoms with Crippen LogP contribution >= 0.6 is 23.4 Å². The first-order chi connectivity index (χ1) is 11.1. The molecule has 0 saturated carbocycles. The van der Waals surface area contributed by atoms with Gasteiger partial charge < -0.3 is 5.73 Å². The van der Waals surface area contributed by atoms with Gasteiger partial charge in [-0.15, -0.1) is 0 Å². The molecule has 0 aliphatic heterocycles. The van der Waals surface area contributed by atoms with E-state index in [0.717, 1.165) is 12.1 Å². The second-order valence-corrected chi connectivity index (χ2v) is 7.23. The Hall–Kier alpha value is -1.85. The third-order valence-electron chi connectivity index (χ3n) is 3.19. The fraction of sp³-hybridized carbons (Fsp3) is 0.333. The number of nitrogens with two attached hydrogens (primary N) is 1. The molecule has 2 N–H and O–H groups in total. The quantitative estimate of drug-likeness (QED) is 0.846. The lowest BCUT2D eigenvalue weighted by atomic mass is 10.2. The molecule has 0 radical (unpaired) electrons. The number of nitrogen functional groups attached to an aromatic ring is 1. The lowest BCUT2D eigenvalue weighted by Gasteiger charge is -2.11. The third-order valence-corrected chi connectivity index (χ3v) is 4.62. The van der Waals surface area contributed by atoms with E-state index in [-0.39, 0.29) is 22.2 Å². The van der Waals surface area contributed by atoms with Gasteiger partial charge in [-0.3, -0.25) is 0 Å². The Morgan fingerprint density at radius 2 is 2.08 bits per heavy atom. The van der Waals surface area contributed by atoms with E-state index < -0.39 is 11.7 Å². The number of halogens is 4. The molecule has 0 fully saturated rings. The lowest BCUT2D eigenvalue weighted by molar-refractivity contribution is -0.137. The van der Waals surface area contributed by atoms with Gasteiger partial charge in [0, 0.05) is 11.3 Å².